The largest absolute Gasteiger partial charge is 0.0648 e. The topological polar surface area (TPSA) is 0 Å². The molecule has 0 N–H and O–H groups in total. The van der Waals surface area contributed by atoms with Gasteiger partial charge in [0.25, 0.3) is 0 Å². The molecule has 1 aliphatic rings. The first-order valence-corrected chi connectivity index (χ1v) is 7.30. The van der Waals surface area contributed by atoms with Crippen molar-refractivity contribution in [3.63, 3.8) is 0 Å². The number of hydrogen-bond donors (Lipinski definition) is 0. The summed E-state index contributed by atoms with van der Waals surface area (Å²) in [5, 5.41) is 0. The molecule has 0 saturated heterocycles. The highest BCUT2D eigenvalue weighted by molar-refractivity contribution is 5.33. The minimum absolute atomic E-state index is 0.704. The molecule has 0 radical (unpaired) electrons. The lowest BCUT2D eigenvalue weighted by Crippen LogP contribution is -2.01. The Kier molecular flexibility index (Phi) is 4.25. The summed E-state index contributed by atoms with van der Waals surface area (Å²) in [6, 6.07) is 7.17. The van der Waals surface area contributed by atoms with Crippen LogP contribution in [0.4, 0.5) is 0 Å². The Morgan fingerprint density at radius 2 is 1.94 bits per heavy atom. The van der Waals surface area contributed by atoms with Crippen LogP contribution >= 0.6 is 0 Å². The molecular weight excluding hydrogens is 204 g/mol. The third-order valence-corrected chi connectivity index (χ3v) is 4.48. The minimum atomic E-state index is 0.704. The van der Waals surface area contributed by atoms with Crippen LogP contribution in [-0.4, -0.2) is 0 Å². The molecule has 0 heteroatoms. The van der Waals surface area contributed by atoms with E-state index in [-0.39, 0.29) is 0 Å². The first kappa shape index (κ1) is 12.7. The van der Waals surface area contributed by atoms with E-state index in [1.54, 1.807) is 11.1 Å². The van der Waals surface area contributed by atoms with E-state index in [1.165, 1.54) is 44.1 Å². The first-order chi connectivity index (χ1) is 8.20. The third-order valence-electron chi connectivity index (χ3n) is 4.48. The molecule has 1 aromatic rings. The van der Waals surface area contributed by atoms with Gasteiger partial charge in [-0.2, -0.15) is 0 Å². The van der Waals surface area contributed by atoms with Crippen LogP contribution in [0, 0.1) is 12.8 Å². The lowest BCUT2D eigenvalue weighted by molar-refractivity contribution is 0.546. The third kappa shape index (κ3) is 3.12. The lowest BCUT2D eigenvalue weighted by atomic mass is 9.90. The zero-order valence-corrected chi connectivity index (χ0v) is 11.6. The molecule has 1 saturated carbocycles. The summed E-state index contributed by atoms with van der Waals surface area (Å²) in [7, 11) is 0. The lowest BCUT2D eigenvalue weighted by Gasteiger charge is -2.15. The van der Waals surface area contributed by atoms with Crippen LogP contribution in [0.2, 0.25) is 0 Å². The van der Waals surface area contributed by atoms with Gasteiger partial charge in [-0.3, -0.25) is 0 Å². The fraction of sp³-hybridized carbons (Fsp3) is 0.647. The Labute approximate surface area is 106 Å². The second kappa shape index (κ2) is 5.71. The van der Waals surface area contributed by atoms with Crippen molar-refractivity contribution in [2.45, 2.75) is 65.2 Å². The monoisotopic (exact) mass is 230 g/mol. The number of rotatable bonds is 4. The molecule has 1 aliphatic carbocycles. The summed E-state index contributed by atoms with van der Waals surface area (Å²) in [6.07, 6.45) is 8.35. The predicted octanol–water partition coefficient (Wildman–Crippen LogP) is 5.24. The molecule has 0 heterocycles. The van der Waals surface area contributed by atoms with Crippen molar-refractivity contribution < 1.29 is 0 Å². The highest BCUT2D eigenvalue weighted by atomic mass is 14.2. The summed E-state index contributed by atoms with van der Waals surface area (Å²) in [5.74, 6) is 1.67. The summed E-state index contributed by atoms with van der Waals surface area (Å²) in [4.78, 5) is 0. The summed E-state index contributed by atoms with van der Waals surface area (Å²) in [6.45, 7) is 6.88. The van der Waals surface area contributed by atoms with Gasteiger partial charge < -0.3 is 0 Å². The number of benzene rings is 1. The van der Waals surface area contributed by atoms with E-state index in [1.807, 2.05) is 0 Å². The van der Waals surface area contributed by atoms with Gasteiger partial charge >= 0.3 is 0 Å². The highest BCUT2D eigenvalue weighted by Crippen LogP contribution is 2.29. The molecule has 17 heavy (non-hydrogen) atoms. The summed E-state index contributed by atoms with van der Waals surface area (Å²) < 4.78 is 0. The summed E-state index contributed by atoms with van der Waals surface area (Å²) in [5.41, 5.74) is 4.60. The van der Waals surface area contributed by atoms with Gasteiger partial charge in [0, 0.05) is 0 Å². The van der Waals surface area contributed by atoms with Crippen molar-refractivity contribution in [1.29, 1.82) is 0 Å². The zero-order chi connectivity index (χ0) is 12.3. The van der Waals surface area contributed by atoms with Crippen LogP contribution in [-0.2, 0) is 6.42 Å². The smallest absolute Gasteiger partial charge is 0.0190 e. The van der Waals surface area contributed by atoms with E-state index in [0.717, 1.165) is 5.92 Å². The maximum Gasteiger partial charge on any atom is -0.0190 e. The van der Waals surface area contributed by atoms with Crippen molar-refractivity contribution in [3.05, 3.63) is 34.9 Å². The molecule has 1 aromatic carbocycles. The van der Waals surface area contributed by atoms with Crippen molar-refractivity contribution in [2.75, 3.05) is 0 Å². The van der Waals surface area contributed by atoms with Crippen LogP contribution in [0.5, 0.6) is 0 Å². The number of hydrogen-bond acceptors (Lipinski definition) is 0. The molecule has 1 unspecified atom stereocenters. The number of aryl methyl sites for hydroxylation is 1. The fourth-order valence-electron chi connectivity index (χ4n) is 3.19. The Balaban J connectivity index is 2.07. The Morgan fingerprint density at radius 3 is 2.53 bits per heavy atom. The maximum atomic E-state index is 2.43. The van der Waals surface area contributed by atoms with Crippen LogP contribution in [0.15, 0.2) is 18.2 Å². The molecule has 0 aromatic heterocycles. The Bertz CT molecular complexity index is 358. The van der Waals surface area contributed by atoms with Gasteiger partial charge in [0.1, 0.15) is 0 Å². The zero-order valence-electron chi connectivity index (χ0n) is 11.6. The quantitative estimate of drug-likeness (QED) is 0.663. The van der Waals surface area contributed by atoms with Gasteiger partial charge in [-0.15, -0.1) is 0 Å². The SMILES string of the molecule is CCC(C)c1ccc(CC2CCCC2)cc1C. The molecule has 0 aliphatic heterocycles. The highest BCUT2D eigenvalue weighted by Gasteiger charge is 2.16. The second-order valence-corrected chi connectivity index (χ2v) is 5.85. The molecule has 0 amide bonds. The predicted molar refractivity (Wildman–Crippen MR) is 75.5 cm³/mol. The molecule has 0 bridgehead atoms. The normalized spacial score (nSPS) is 18.5. The Morgan fingerprint density at radius 1 is 1.24 bits per heavy atom. The van der Waals surface area contributed by atoms with E-state index in [0.29, 0.717) is 5.92 Å². The van der Waals surface area contributed by atoms with E-state index in [2.05, 4.69) is 39.0 Å². The van der Waals surface area contributed by atoms with E-state index < -0.39 is 0 Å². The molecule has 1 atom stereocenters. The van der Waals surface area contributed by atoms with Gasteiger partial charge in [0.05, 0.1) is 0 Å². The van der Waals surface area contributed by atoms with Gasteiger partial charge in [-0.25, -0.2) is 0 Å². The van der Waals surface area contributed by atoms with E-state index in [4.69, 9.17) is 0 Å². The van der Waals surface area contributed by atoms with Crippen molar-refractivity contribution in [3.8, 4) is 0 Å². The van der Waals surface area contributed by atoms with E-state index >= 15 is 0 Å². The van der Waals surface area contributed by atoms with Crippen LogP contribution in [0.3, 0.4) is 0 Å². The molecular formula is C17H26. The average molecular weight is 230 g/mol. The van der Waals surface area contributed by atoms with Gasteiger partial charge in [-0.1, -0.05) is 57.7 Å². The van der Waals surface area contributed by atoms with Crippen LogP contribution < -0.4 is 0 Å². The molecule has 94 valence electrons. The molecule has 0 nitrogen and oxygen atoms in total. The molecule has 1 fully saturated rings. The summed E-state index contributed by atoms with van der Waals surface area (Å²) >= 11 is 0. The van der Waals surface area contributed by atoms with Crippen molar-refractivity contribution in [1.82, 2.24) is 0 Å². The standard InChI is InChI=1S/C17H26/c1-4-13(2)17-10-9-16(11-14(17)3)12-15-7-5-6-8-15/h9-11,13,15H,4-8,12H2,1-3H3. The molecule has 2 rings (SSSR count). The van der Waals surface area contributed by atoms with Gasteiger partial charge in [0.2, 0.25) is 0 Å². The maximum absolute atomic E-state index is 2.43. The van der Waals surface area contributed by atoms with Gasteiger partial charge in [0.15, 0.2) is 0 Å². The second-order valence-electron chi connectivity index (χ2n) is 5.85. The van der Waals surface area contributed by atoms with Crippen LogP contribution in [0.25, 0.3) is 0 Å². The van der Waals surface area contributed by atoms with Gasteiger partial charge in [-0.05, 0) is 48.3 Å². The minimum Gasteiger partial charge on any atom is -0.0648 e. The van der Waals surface area contributed by atoms with Crippen molar-refractivity contribution in [2.24, 2.45) is 5.92 Å². The van der Waals surface area contributed by atoms with E-state index in [9.17, 15) is 0 Å². The van der Waals surface area contributed by atoms with Crippen molar-refractivity contribution >= 4 is 0 Å². The fourth-order valence-corrected chi connectivity index (χ4v) is 3.19. The van der Waals surface area contributed by atoms with Crippen LogP contribution in [0.1, 0.15) is 68.6 Å². The first-order valence-electron chi connectivity index (χ1n) is 7.30. The molecule has 0 spiro atoms. The Hall–Kier alpha value is -0.780. The average Bonchev–Trinajstić information content (AvgIpc) is 2.81.